The number of hydrogen-bond donors (Lipinski definition) is 1. The van der Waals surface area contributed by atoms with Gasteiger partial charge in [-0.05, 0) is 52.5 Å². The summed E-state index contributed by atoms with van der Waals surface area (Å²) in [4.78, 5) is 12.9. The van der Waals surface area contributed by atoms with Crippen LogP contribution in [0.1, 0.15) is 0 Å². The van der Waals surface area contributed by atoms with Gasteiger partial charge >= 0.3 is 11.8 Å². The lowest BCUT2D eigenvalue weighted by atomic mass is 10.1. The van der Waals surface area contributed by atoms with Gasteiger partial charge in [0.1, 0.15) is 0 Å². The first-order valence-electron chi connectivity index (χ1n) is 7.94. The molecule has 4 rings (SSSR count). The maximum atomic E-state index is 6.31. The largest absolute Gasteiger partial charge is 0.479 e. The predicted molar refractivity (Wildman–Crippen MR) is 97.7 cm³/mol. The first kappa shape index (κ1) is 16.1. The van der Waals surface area contributed by atoms with Crippen LogP contribution in [0.2, 0.25) is 5.02 Å². The third-order valence-corrected chi connectivity index (χ3v) is 4.24. The van der Waals surface area contributed by atoms with E-state index in [9.17, 15) is 0 Å². The Hall–Kier alpha value is -3.38. The van der Waals surface area contributed by atoms with Crippen molar-refractivity contribution in [3.63, 3.8) is 0 Å². The van der Waals surface area contributed by atoms with E-state index in [0.29, 0.717) is 16.8 Å². The molecule has 0 saturated carbocycles. The standard InChI is InChI=1S/C19H15ClN6/c20-16-17(21)23-19(24-18(16)25-10-2-1-3-11-25)26-12-6-15(7-13-26)14-4-8-22-9-5-14/h1-13H,(H2,21,23,24)/q+2. The van der Waals surface area contributed by atoms with E-state index in [1.54, 1.807) is 21.5 Å². The number of aromatic nitrogens is 5. The monoisotopic (exact) mass is 362 g/mol. The molecule has 0 unspecified atom stereocenters. The zero-order chi connectivity index (χ0) is 17.9. The molecule has 7 heteroatoms. The topological polar surface area (TPSA) is 72.4 Å². The molecule has 0 amide bonds. The third kappa shape index (κ3) is 3.10. The molecule has 4 aromatic heterocycles. The smallest absolute Gasteiger partial charge is 0.368 e. The van der Waals surface area contributed by atoms with Crippen LogP contribution in [0.4, 0.5) is 5.82 Å². The minimum Gasteiger partial charge on any atom is -0.368 e. The molecular formula is C19H15ClN6+2. The minimum absolute atomic E-state index is 0.230. The summed E-state index contributed by atoms with van der Waals surface area (Å²) >= 11 is 6.31. The Morgan fingerprint density at radius 1 is 0.769 bits per heavy atom. The van der Waals surface area contributed by atoms with Crippen LogP contribution in [0, 0.1) is 0 Å². The summed E-state index contributed by atoms with van der Waals surface area (Å²) in [5, 5.41) is 0.318. The van der Waals surface area contributed by atoms with Gasteiger partial charge in [0.05, 0.1) is 24.8 Å². The van der Waals surface area contributed by atoms with Crippen molar-refractivity contribution < 1.29 is 9.13 Å². The minimum atomic E-state index is 0.230. The van der Waals surface area contributed by atoms with Crippen LogP contribution in [0.15, 0.2) is 79.6 Å². The Kier molecular flexibility index (Phi) is 4.25. The molecule has 4 aromatic rings. The average Bonchev–Trinajstić information content (AvgIpc) is 2.71. The van der Waals surface area contributed by atoms with Gasteiger partial charge in [0.2, 0.25) is 5.82 Å². The van der Waals surface area contributed by atoms with Gasteiger partial charge in [0, 0.05) is 17.4 Å². The fourth-order valence-corrected chi connectivity index (χ4v) is 2.75. The van der Waals surface area contributed by atoms with Crippen molar-refractivity contribution in [3.8, 4) is 22.9 Å². The van der Waals surface area contributed by atoms with Gasteiger partial charge in [0.25, 0.3) is 0 Å². The lowest BCUT2D eigenvalue weighted by Gasteiger charge is -2.02. The Bertz CT molecular complexity index is 1040. The zero-order valence-electron chi connectivity index (χ0n) is 13.7. The van der Waals surface area contributed by atoms with Crippen molar-refractivity contribution in [3.05, 3.63) is 84.7 Å². The number of nitrogens with two attached hydrogens (primary N) is 1. The molecule has 0 saturated heterocycles. The van der Waals surface area contributed by atoms with Crippen LogP contribution in [-0.4, -0.2) is 15.0 Å². The normalized spacial score (nSPS) is 10.7. The Morgan fingerprint density at radius 3 is 2.12 bits per heavy atom. The van der Waals surface area contributed by atoms with E-state index in [2.05, 4.69) is 15.0 Å². The van der Waals surface area contributed by atoms with Crippen LogP contribution < -0.4 is 14.9 Å². The Morgan fingerprint density at radius 2 is 1.42 bits per heavy atom. The Labute approximate surface area is 155 Å². The van der Waals surface area contributed by atoms with Crippen LogP contribution >= 0.6 is 11.6 Å². The summed E-state index contributed by atoms with van der Waals surface area (Å²) in [6.45, 7) is 0. The maximum absolute atomic E-state index is 6.31. The summed E-state index contributed by atoms with van der Waals surface area (Å²) in [5.74, 6) is 1.20. The van der Waals surface area contributed by atoms with Gasteiger partial charge in [-0.15, -0.1) is 0 Å². The lowest BCUT2D eigenvalue weighted by Crippen LogP contribution is -2.37. The van der Waals surface area contributed by atoms with Crippen molar-refractivity contribution in [1.29, 1.82) is 0 Å². The van der Waals surface area contributed by atoms with Gasteiger partial charge in [-0.1, -0.05) is 17.7 Å². The van der Waals surface area contributed by atoms with E-state index in [1.807, 2.05) is 67.3 Å². The molecule has 0 radical (unpaired) electrons. The molecule has 2 N–H and O–H groups in total. The molecular weight excluding hydrogens is 348 g/mol. The molecule has 0 bridgehead atoms. The fourth-order valence-electron chi connectivity index (χ4n) is 2.56. The number of anilines is 1. The van der Waals surface area contributed by atoms with E-state index in [4.69, 9.17) is 17.3 Å². The number of pyridine rings is 3. The van der Waals surface area contributed by atoms with Gasteiger partial charge < -0.3 is 5.73 Å². The molecule has 0 fully saturated rings. The number of halogens is 1. The van der Waals surface area contributed by atoms with Crippen molar-refractivity contribution in [2.24, 2.45) is 0 Å². The summed E-state index contributed by atoms with van der Waals surface area (Å²) in [6.07, 6.45) is 11.0. The third-order valence-electron chi connectivity index (χ3n) is 3.88. The molecule has 6 nitrogen and oxygen atoms in total. The average molecular weight is 363 g/mol. The number of nitrogen functional groups attached to an aromatic ring is 1. The molecule has 0 atom stereocenters. The van der Waals surface area contributed by atoms with Crippen molar-refractivity contribution in [1.82, 2.24) is 15.0 Å². The number of hydrogen-bond acceptors (Lipinski definition) is 4. The van der Waals surface area contributed by atoms with Crippen LogP contribution in [-0.2, 0) is 0 Å². The Balaban J connectivity index is 1.75. The first-order chi connectivity index (χ1) is 12.7. The van der Waals surface area contributed by atoms with E-state index in [0.717, 1.165) is 11.1 Å². The highest BCUT2D eigenvalue weighted by Gasteiger charge is 2.25. The molecule has 126 valence electrons. The summed E-state index contributed by atoms with van der Waals surface area (Å²) in [5.41, 5.74) is 8.16. The van der Waals surface area contributed by atoms with Crippen LogP contribution in [0.25, 0.3) is 22.9 Å². The van der Waals surface area contributed by atoms with E-state index < -0.39 is 0 Å². The highest BCUT2D eigenvalue weighted by molar-refractivity contribution is 6.34. The highest BCUT2D eigenvalue weighted by atomic mass is 35.5. The molecule has 26 heavy (non-hydrogen) atoms. The summed E-state index contributed by atoms with van der Waals surface area (Å²) < 4.78 is 3.60. The van der Waals surface area contributed by atoms with Gasteiger partial charge in [-0.3, -0.25) is 4.98 Å². The second-order valence-electron chi connectivity index (χ2n) is 5.56. The van der Waals surface area contributed by atoms with Crippen LogP contribution in [0.5, 0.6) is 0 Å². The summed E-state index contributed by atoms with van der Waals surface area (Å²) in [7, 11) is 0. The predicted octanol–water partition coefficient (Wildman–Crippen LogP) is 2.33. The summed E-state index contributed by atoms with van der Waals surface area (Å²) in [6, 6.07) is 13.6. The van der Waals surface area contributed by atoms with Crippen molar-refractivity contribution in [2.45, 2.75) is 0 Å². The zero-order valence-corrected chi connectivity index (χ0v) is 14.5. The quantitative estimate of drug-likeness (QED) is 0.568. The second-order valence-corrected chi connectivity index (χ2v) is 5.94. The SMILES string of the molecule is Nc1nc(-[n+]2ccc(-c3ccncc3)cc2)nc(-[n+]2ccccc2)c1Cl. The van der Waals surface area contributed by atoms with E-state index in [-0.39, 0.29) is 5.82 Å². The maximum Gasteiger partial charge on any atom is 0.479 e. The van der Waals surface area contributed by atoms with E-state index in [1.165, 1.54) is 0 Å². The molecule has 0 aromatic carbocycles. The fraction of sp³-hybridized carbons (Fsp3) is 0. The van der Waals surface area contributed by atoms with E-state index >= 15 is 0 Å². The molecule has 4 heterocycles. The number of rotatable bonds is 3. The second kappa shape index (κ2) is 6.85. The molecule has 0 aliphatic heterocycles. The lowest BCUT2D eigenvalue weighted by molar-refractivity contribution is -0.614. The van der Waals surface area contributed by atoms with Gasteiger partial charge in [-0.2, -0.15) is 4.57 Å². The first-order valence-corrected chi connectivity index (χ1v) is 8.32. The van der Waals surface area contributed by atoms with Crippen LogP contribution in [0.3, 0.4) is 0 Å². The molecule has 0 spiro atoms. The van der Waals surface area contributed by atoms with Crippen molar-refractivity contribution in [2.75, 3.05) is 5.73 Å². The molecule has 0 aliphatic rings. The van der Waals surface area contributed by atoms with Gasteiger partial charge in [-0.25, -0.2) is 4.57 Å². The highest BCUT2D eigenvalue weighted by Crippen LogP contribution is 2.20. The number of nitrogens with zero attached hydrogens (tertiary/aromatic N) is 5. The molecule has 0 aliphatic carbocycles. The van der Waals surface area contributed by atoms with Crippen molar-refractivity contribution >= 4 is 17.4 Å². The van der Waals surface area contributed by atoms with Gasteiger partial charge in [0.15, 0.2) is 5.02 Å².